The molecule has 0 heterocycles. The summed E-state index contributed by atoms with van der Waals surface area (Å²) in [6, 6.07) is 19.2. The molecule has 2 aromatic rings. The van der Waals surface area contributed by atoms with E-state index in [9.17, 15) is 8.42 Å². The minimum atomic E-state index is -3.48. The average molecular weight is 304 g/mol. The third-order valence-electron chi connectivity index (χ3n) is 3.26. The zero-order valence-electron chi connectivity index (χ0n) is 12.2. The Bertz CT molecular complexity index is 655. The summed E-state index contributed by atoms with van der Waals surface area (Å²) < 4.78 is 28.2. The van der Waals surface area contributed by atoms with Crippen LogP contribution in [-0.2, 0) is 16.6 Å². The molecule has 0 aliphatic heterocycles. The second-order valence-corrected chi connectivity index (χ2v) is 6.97. The van der Waals surface area contributed by atoms with Gasteiger partial charge in [-0.15, -0.1) is 0 Å². The predicted octanol–water partition coefficient (Wildman–Crippen LogP) is 2.37. The standard InChI is InChI=1S/C16H20N2O2S/c1-18(2)21(19,20)17-16(15-11-7-4-8-12-15)13-14-9-5-3-6-10-14/h3-12,16-17H,13H2,1-2H3. The zero-order valence-corrected chi connectivity index (χ0v) is 13.0. The summed E-state index contributed by atoms with van der Waals surface area (Å²) in [5, 5.41) is 0. The molecule has 5 heteroatoms. The SMILES string of the molecule is CN(C)S(=O)(=O)NC(Cc1ccccc1)c1ccccc1. The van der Waals surface area contributed by atoms with Crippen molar-refractivity contribution in [2.75, 3.05) is 14.1 Å². The highest BCUT2D eigenvalue weighted by Gasteiger charge is 2.21. The van der Waals surface area contributed by atoms with Gasteiger partial charge in [0.15, 0.2) is 0 Å². The van der Waals surface area contributed by atoms with E-state index in [1.807, 2.05) is 60.7 Å². The summed E-state index contributed by atoms with van der Waals surface area (Å²) in [5.41, 5.74) is 2.04. The van der Waals surface area contributed by atoms with Crippen LogP contribution in [-0.4, -0.2) is 26.8 Å². The van der Waals surface area contributed by atoms with Crippen LogP contribution in [0.3, 0.4) is 0 Å². The lowest BCUT2D eigenvalue weighted by atomic mass is 10.00. The second kappa shape index (κ2) is 6.85. The first-order valence-electron chi connectivity index (χ1n) is 6.77. The lowest BCUT2D eigenvalue weighted by molar-refractivity contribution is 0.487. The van der Waals surface area contributed by atoms with Crippen LogP contribution in [0.25, 0.3) is 0 Å². The largest absolute Gasteiger partial charge is 0.279 e. The number of nitrogens with zero attached hydrogens (tertiary/aromatic N) is 1. The summed E-state index contributed by atoms with van der Waals surface area (Å²) in [6.07, 6.45) is 0.609. The van der Waals surface area contributed by atoms with E-state index in [1.165, 1.54) is 18.4 Å². The van der Waals surface area contributed by atoms with Gasteiger partial charge in [0, 0.05) is 14.1 Å². The van der Waals surface area contributed by atoms with Crippen molar-refractivity contribution in [1.29, 1.82) is 0 Å². The van der Waals surface area contributed by atoms with E-state index in [0.717, 1.165) is 11.1 Å². The van der Waals surface area contributed by atoms with Crippen LogP contribution in [0.5, 0.6) is 0 Å². The minimum Gasteiger partial charge on any atom is -0.195 e. The van der Waals surface area contributed by atoms with E-state index in [1.54, 1.807) is 0 Å². The van der Waals surface area contributed by atoms with Crippen molar-refractivity contribution in [3.63, 3.8) is 0 Å². The van der Waals surface area contributed by atoms with E-state index in [-0.39, 0.29) is 6.04 Å². The molecule has 4 nitrogen and oxygen atoms in total. The van der Waals surface area contributed by atoms with Gasteiger partial charge in [-0.2, -0.15) is 17.4 Å². The van der Waals surface area contributed by atoms with E-state index < -0.39 is 10.2 Å². The van der Waals surface area contributed by atoms with Crippen molar-refractivity contribution >= 4 is 10.2 Å². The van der Waals surface area contributed by atoms with Gasteiger partial charge in [-0.05, 0) is 17.5 Å². The highest BCUT2D eigenvalue weighted by Crippen LogP contribution is 2.19. The smallest absolute Gasteiger partial charge is 0.195 e. The maximum absolute atomic E-state index is 12.1. The monoisotopic (exact) mass is 304 g/mol. The van der Waals surface area contributed by atoms with Crippen molar-refractivity contribution in [2.24, 2.45) is 0 Å². The first-order valence-corrected chi connectivity index (χ1v) is 8.22. The number of hydrogen-bond acceptors (Lipinski definition) is 2. The van der Waals surface area contributed by atoms with Crippen LogP contribution >= 0.6 is 0 Å². The molecular formula is C16H20N2O2S. The van der Waals surface area contributed by atoms with Crippen molar-refractivity contribution in [2.45, 2.75) is 12.5 Å². The third-order valence-corrected chi connectivity index (χ3v) is 4.80. The fourth-order valence-electron chi connectivity index (χ4n) is 2.05. The fourth-order valence-corrected chi connectivity index (χ4v) is 2.84. The Kier molecular flexibility index (Phi) is 5.12. The first-order chi connectivity index (χ1) is 9.99. The molecule has 0 aliphatic carbocycles. The minimum absolute atomic E-state index is 0.291. The summed E-state index contributed by atoms with van der Waals surface area (Å²) in [4.78, 5) is 0. The third kappa shape index (κ3) is 4.39. The number of rotatable bonds is 6. The van der Waals surface area contributed by atoms with Crippen molar-refractivity contribution < 1.29 is 8.42 Å². The molecule has 0 spiro atoms. The molecule has 0 aromatic heterocycles. The van der Waals surface area contributed by atoms with Crippen LogP contribution in [0.2, 0.25) is 0 Å². The van der Waals surface area contributed by atoms with Crippen LogP contribution in [0, 0.1) is 0 Å². The summed E-state index contributed by atoms with van der Waals surface area (Å²) in [6.45, 7) is 0. The molecule has 0 fully saturated rings. The Hall–Kier alpha value is -1.69. The number of hydrogen-bond donors (Lipinski definition) is 1. The Balaban J connectivity index is 2.27. The average Bonchev–Trinajstić information content (AvgIpc) is 2.48. The zero-order chi connectivity index (χ0) is 15.3. The van der Waals surface area contributed by atoms with Gasteiger partial charge in [0.2, 0.25) is 0 Å². The van der Waals surface area contributed by atoms with Gasteiger partial charge in [-0.3, -0.25) is 0 Å². The molecule has 1 unspecified atom stereocenters. The molecule has 0 bridgehead atoms. The van der Waals surface area contributed by atoms with E-state index in [0.29, 0.717) is 6.42 Å². The Morgan fingerprint density at radius 2 is 1.48 bits per heavy atom. The summed E-state index contributed by atoms with van der Waals surface area (Å²) >= 11 is 0. The van der Waals surface area contributed by atoms with Gasteiger partial charge in [-0.1, -0.05) is 60.7 Å². The lowest BCUT2D eigenvalue weighted by Crippen LogP contribution is -2.38. The maximum atomic E-state index is 12.1. The molecule has 0 aliphatic rings. The summed E-state index contributed by atoms with van der Waals surface area (Å²) in [5.74, 6) is 0. The van der Waals surface area contributed by atoms with E-state index in [2.05, 4.69) is 4.72 Å². The van der Waals surface area contributed by atoms with Gasteiger partial charge in [0.05, 0.1) is 6.04 Å². The van der Waals surface area contributed by atoms with Gasteiger partial charge >= 0.3 is 0 Å². The van der Waals surface area contributed by atoms with Crippen molar-refractivity contribution in [1.82, 2.24) is 9.03 Å². The highest BCUT2D eigenvalue weighted by atomic mass is 32.2. The molecule has 2 rings (SSSR count). The Morgan fingerprint density at radius 1 is 0.952 bits per heavy atom. The van der Waals surface area contributed by atoms with E-state index >= 15 is 0 Å². The molecular weight excluding hydrogens is 284 g/mol. The predicted molar refractivity (Wildman–Crippen MR) is 85.1 cm³/mol. The Morgan fingerprint density at radius 3 is 2.00 bits per heavy atom. The van der Waals surface area contributed by atoms with Gasteiger partial charge in [0.25, 0.3) is 10.2 Å². The molecule has 21 heavy (non-hydrogen) atoms. The molecule has 1 atom stereocenters. The van der Waals surface area contributed by atoms with Crippen LogP contribution in [0.4, 0.5) is 0 Å². The van der Waals surface area contributed by atoms with Crippen LogP contribution < -0.4 is 4.72 Å². The second-order valence-electron chi connectivity index (χ2n) is 5.06. The molecule has 0 saturated heterocycles. The highest BCUT2D eigenvalue weighted by molar-refractivity contribution is 7.87. The fraction of sp³-hybridized carbons (Fsp3) is 0.250. The maximum Gasteiger partial charge on any atom is 0.279 e. The Labute approximate surface area is 126 Å². The van der Waals surface area contributed by atoms with Crippen molar-refractivity contribution in [3.8, 4) is 0 Å². The molecule has 2 aromatic carbocycles. The van der Waals surface area contributed by atoms with Gasteiger partial charge in [0.1, 0.15) is 0 Å². The van der Waals surface area contributed by atoms with Gasteiger partial charge in [-0.25, -0.2) is 0 Å². The lowest BCUT2D eigenvalue weighted by Gasteiger charge is -2.22. The molecule has 0 amide bonds. The van der Waals surface area contributed by atoms with Crippen molar-refractivity contribution in [3.05, 3.63) is 71.8 Å². The number of nitrogens with one attached hydrogen (secondary N) is 1. The normalized spacial score (nSPS) is 13.3. The van der Waals surface area contributed by atoms with Crippen LogP contribution in [0.15, 0.2) is 60.7 Å². The molecule has 1 N–H and O–H groups in total. The van der Waals surface area contributed by atoms with Gasteiger partial charge < -0.3 is 0 Å². The molecule has 0 saturated carbocycles. The number of benzene rings is 2. The quantitative estimate of drug-likeness (QED) is 0.890. The molecule has 0 radical (unpaired) electrons. The topological polar surface area (TPSA) is 49.4 Å². The molecule has 112 valence electrons. The van der Waals surface area contributed by atoms with Crippen LogP contribution in [0.1, 0.15) is 17.2 Å². The summed E-state index contributed by atoms with van der Waals surface area (Å²) in [7, 11) is -0.441. The first kappa shape index (κ1) is 15.7. The van der Waals surface area contributed by atoms with E-state index in [4.69, 9.17) is 0 Å².